The fourth-order valence-corrected chi connectivity index (χ4v) is 3.72. The molecule has 2 aromatic rings. The third-order valence-corrected chi connectivity index (χ3v) is 5.00. The fourth-order valence-electron chi connectivity index (χ4n) is 3.43. The van der Waals surface area contributed by atoms with Crippen LogP contribution in [0.2, 0.25) is 5.02 Å². The molecular weight excluding hydrogens is 326 g/mol. The topological polar surface area (TPSA) is 39.5 Å². The highest BCUT2D eigenvalue weighted by Crippen LogP contribution is 2.38. The van der Waals surface area contributed by atoms with E-state index in [1.54, 1.807) is 14.2 Å². The summed E-state index contributed by atoms with van der Waals surface area (Å²) in [7, 11) is 3.24. The molecule has 3 rings (SSSR count). The van der Waals surface area contributed by atoms with Crippen LogP contribution in [-0.4, -0.2) is 41.8 Å². The highest BCUT2D eigenvalue weighted by Gasteiger charge is 2.22. The predicted octanol–water partition coefficient (Wildman–Crippen LogP) is 3.47. The predicted molar refractivity (Wildman–Crippen MR) is 94.8 cm³/mol. The maximum atomic E-state index is 6.52. The second-order valence-corrected chi connectivity index (χ2v) is 6.65. The van der Waals surface area contributed by atoms with E-state index < -0.39 is 0 Å². The quantitative estimate of drug-likeness (QED) is 0.800. The van der Waals surface area contributed by atoms with E-state index in [0.717, 1.165) is 31.7 Å². The van der Waals surface area contributed by atoms with Crippen LogP contribution in [0.3, 0.4) is 0 Å². The van der Waals surface area contributed by atoms with Crippen molar-refractivity contribution < 1.29 is 9.47 Å². The van der Waals surface area contributed by atoms with Crippen molar-refractivity contribution in [1.82, 2.24) is 14.5 Å². The van der Waals surface area contributed by atoms with E-state index >= 15 is 0 Å². The summed E-state index contributed by atoms with van der Waals surface area (Å²) in [6.45, 7) is 4.03. The lowest BCUT2D eigenvalue weighted by Crippen LogP contribution is -2.36. The molecule has 1 atom stereocenters. The molecule has 6 heteroatoms. The number of ether oxygens (including phenoxy) is 2. The van der Waals surface area contributed by atoms with Crippen molar-refractivity contribution in [2.75, 3.05) is 27.3 Å². The summed E-state index contributed by atoms with van der Waals surface area (Å²) < 4.78 is 12.9. The molecule has 1 aliphatic rings. The van der Waals surface area contributed by atoms with Crippen molar-refractivity contribution in [3.05, 3.63) is 41.4 Å². The summed E-state index contributed by atoms with van der Waals surface area (Å²) in [4.78, 5) is 6.60. The van der Waals surface area contributed by atoms with Crippen LogP contribution >= 0.6 is 11.6 Å². The minimum absolute atomic E-state index is 0.614. The van der Waals surface area contributed by atoms with Gasteiger partial charge >= 0.3 is 0 Å². The number of likely N-dealkylation sites (tertiary alicyclic amines) is 1. The van der Waals surface area contributed by atoms with Crippen molar-refractivity contribution in [3.63, 3.8) is 0 Å². The summed E-state index contributed by atoms with van der Waals surface area (Å²) in [5.74, 6) is 1.93. The van der Waals surface area contributed by atoms with E-state index in [1.165, 1.54) is 12.8 Å². The second kappa shape index (κ2) is 7.90. The smallest absolute Gasteiger partial charge is 0.179 e. The number of benzene rings is 1. The number of aromatic nitrogens is 2. The van der Waals surface area contributed by atoms with Gasteiger partial charge in [0.15, 0.2) is 11.5 Å². The van der Waals surface area contributed by atoms with Crippen LogP contribution < -0.4 is 9.47 Å². The Morgan fingerprint density at radius 3 is 2.88 bits per heavy atom. The largest absolute Gasteiger partial charge is 0.493 e. The van der Waals surface area contributed by atoms with E-state index in [-0.39, 0.29) is 0 Å². The van der Waals surface area contributed by atoms with Crippen LogP contribution in [0.1, 0.15) is 18.4 Å². The zero-order valence-electron chi connectivity index (χ0n) is 14.2. The van der Waals surface area contributed by atoms with Crippen LogP contribution in [0.15, 0.2) is 30.9 Å². The molecule has 0 bridgehead atoms. The first-order valence-electron chi connectivity index (χ1n) is 8.28. The van der Waals surface area contributed by atoms with Gasteiger partial charge < -0.3 is 14.0 Å². The Labute approximate surface area is 148 Å². The Morgan fingerprint density at radius 2 is 2.17 bits per heavy atom. The number of nitrogens with zero attached hydrogens (tertiary/aromatic N) is 3. The number of methoxy groups -OCH3 is 2. The van der Waals surface area contributed by atoms with Gasteiger partial charge in [0.1, 0.15) is 0 Å². The van der Waals surface area contributed by atoms with Gasteiger partial charge in [0, 0.05) is 32.0 Å². The number of imidazole rings is 1. The summed E-state index contributed by atoms with van der Waals surface area (Å²) >= 11 is 6.52. The third kappa shape index (κ3) is 3.84. The third-order valence-electron chi connectivity index (χ3n) is 4.59. The number of halogens is 1. The molecule has 0 unspecified atom stereocenters. The van der Waals surface area contributed by atoms with Gasteiger partial charge in [-0.1, -0.05) is 17.7 Å². The standard InChI is InChI=1S/C18H24ClN3O2/c1-23-16-6-5-15(17(19)18(16)24-2)12-21-8-3-4-14(10-21)11-22-9-7-20-13-22/h5-7,9,13-14H,3-4,8,10-12H2,1-2H3/t14-/m1/s1. The average Bonchev–Trinajstić information content (AvgIpc) is 3.10. The molecule has 0 amide bonds. The zero-order chi connectivity index (χ0) is 16.9. The monoisotopic (exact) mass is 349 g/mol. The molecule has 24 heavy (non-hydrogen) atoms. The summed E-state index contributed by atoms with van der Waals surface area (Å²) in [5.41, 5.74) is 1.08. The molecule has 1 aliphatic heterocycles. The van der Waals surface area contributed by atoms with Crippen LogP contribution in [0, 0.1) is 5.92 Å². The molecule has 0 N–H and O–H groups in total. The van der Waals surface area contributed by atoms with Gasteiger partial charge in [0.25, 0.3) is 0 Å². The van der Waals surface area contributed by atoms with Crippen molar-refractivity contribution >= 4 is 11.6 Å². The van der Waals surface area contributed by atoms with E-state index in [9.17, 15) is 0 Å². The maximum Gasteiger partial charge on any atom is 0.179 e. The summed E-state index contributed by atoms with van der Waals surface area (Å²) in [5, 5.41) is 0.647. The van der Waals surface area contributed by atoms with E-state index in [0.29, 0.717) is 22.4 Å². The molecule has 0 radical (unpaired) electrons. The van der Waals surface area contributed by atoms with E-state index in [2.05, 4.69) is 14.5 Å². The van der Waals surface area contributed by atoms with Gasteiger partial charge in [-0.15, -0.1) is 0 Å². The van der Waals surface area contributed by atoms with Gasteiger partial charge in [0.05, 0.1) is 25.6 Å². The summed E-state index contributed by atoms with van der Waals surface area (Å²) in [6, 6.07) is 3.95. The molecule has 1 fully saturated rings. The molecule has 0 aliphatic carbocycles. The molecule has 1 aromatic carbocycles. The lowest BCUT2D eigenvalue weighted by molar-refractivity contribution is 0.156. The molecular formula is C18H24ClN3O2. The first-order valence-corrected chi connectivity index (χ1v) is 8.66. The van der Waals surface area contributed by atoms with E-state index in [4.69, 9.17) is 21.1 Å². The van der Waals surface area contributed by atoms with Crippen LogP contribution in [0.4, 0.5) is 0 Å². The van der Waals surface area contributed by atoms with Crippen LogP contribution in [0.25, 0.3) is 0 Å². The van der Waals surface area contributed by atoms with Gasteiger partial charge in [-0.2, -0.15) is 0 Å². The van der Waals surface area contributed by atoms with Crippen LogP contribution in [-0.2, 0) is 13.1 Å². The Balaban J connectivity index is 1.67. The van der Waals surface area contributed by atoms with Crippen LogP contribution in [0.5, 0.6) is 11.5 Å². The molecule has 0 spiro atoms. The minimum Gasteiger partial charge on any atom is -0.493 e. The van der Waals surface area contributed by atoms with Crippen molar-refractivity contribution in [3.8, 4) is 11.5 Å². The normalized spacial score (nSPS) is 18.5. The number of hydrogen-bond donors (Lipinski definition) is 0. The van der Waals surface area contributed by atoms with Crippen molar-refractivity contribution in [1.29, 1.82) is 0 Å². The Hall–Kier alpha value is -1.72. The lowest BCUT2D eigenvalue weighted by atomic mass is 9.97. The number of hydrogen-bond acceptors (Lipinski definition) is 4. The number of rotatable bonds is 6. The maximum absolute atomic E-state index is 6.52. The molecule has 1 aromatic heterocycles. The van der Waals surface area contributed by atoms with Gasteiger partial charge in [0.2, 0.25) is 0 Å². The van der Waals surface area contributed by atoms with Gasteiger partial charge in [-0.05, 0) is 36.9 Å². The molecule has 130 valence electrons. The first-order chi connectivity index (χ1) is 11.7. The first kappa shape index (κ1) is 17.1. The zero-order valence-corrected chi connectivity index (χ0v) is 15.0. The molecule has 1 saturated heterocycles. The Bertz CT molecular complexity index is 661. The highest BCUT2D eigenvalue weighted by molar-refractivity contribution is 6.33. The Kier molecular flexibility index (Phi) is 5.63. The summed E-state index contributed by atoms with van der Waals surface area (Å²) in [6.07, 6.45) is 8.23. The molecule has 2 heterocycles. The Morgan fingerprint density at radius 1 is 1.29 bits per heavy atom. The average molecular weight is 350 g/mol. The highest BCUT2D eigenvalue weighted by atomic mass is 35.5. The van der Waals surface area contributed by atoms with Gasteiger partial charge in [-0.3, -0.25) is 4.90 Å². The van der Waals surface area contributed by atoms with Crippen molar-refractivity contribution in [2.24, 2.45) is 5.92 Å². The fraction of sp³-hybridized carbons (Fsp3) is 0.500. The second-order valence-electron chi connectivity index (χ2n) is 6.28. The SMILES string of the molecule is COc1ccc(CN2CCC[C@@H](Cn3ccnc3)C2)c(Cl)c1OC. The van der Waals surface area contributed by atoms with E-state index in [1.807, 2.05) is 30.9 Å². The molecule has 5 nitrogen and oxygen atoms in total. The number of piperidine rings is 1. The van der Waals surface area contributed by atoms with Gasteiger partial charge in [-0.25, -0.2) is 4.98 Å². The van der Waals surface area contributed by atoms with Crippen molar-refractivity contribution in [2.45, 2.75) is 25.9 Å². The lowest BCUT2D eigenvalue weighted by Gasteiger charge is -2.33. The molecule has 0 saturated carbocycles. The minimum atomic E-state index is 0.614.